The number of hydrogen-bond acceptors (Lipinski definition) is 4. The molecule has 2 aromatic heterocycles. The molecule has 80 valence electrons. The molecule has 2 aromatic rings. The van der Waals surface area contributed by atoms with Crippen LogP contribution in [-0.4, -0.2) is 22.0 Å². The number of pyridine rings is 1. The second-order valence-electron chi connectivity index (χ2n) is 2.76. The molecule has 0 fully saturated rings. The first kappa shape index (κ1) is 11.4. The molecule has 0 saturated heterocycles. The number of fused-ring (bicyclic) bond motifs is 1. The van der Waals surface area contributed by atoms with E-state index in [2.05, 4.69) is 20.3 Å². The number of rotatable bonds is 1. The lowest BCUT2D eigenvalue weighted by atomic mass is 10.3. The van der Waals surface area contributed by atoms with Gasteiger partial charge in [-0.25, -0.2) is 9.97 Å². The number of aromatic nitrogens is 3. The van der Waals surface area contributed by atoms with Gasteiger partial charge in [0.1, 0.15) is 11.6 Å². The van der Waals surface area contributed by atoms with Gasteiger partial charge in [0.15, 0.2) is 0 Å². The maximum absolute atomic E-state index is 4.29. The van der Waals surface area contributed by atoms with Crippen molar-refractivity contribution in [2.75, 3.05) is 12.4 Å². The van der Waals surface area contributed by atoms with E-state index in [-0.39, 0.29) is 0 Å². The Balaban J connectivity index is 0.000000531. The fourth-order valence-electron chi connectivity index (χ4n) is 1.28. The van der Waals surface area contributed by atoms with Crippen LogP contribution in [0, 0.1) is 6.92 Å². The average molecular weight is 204 g/mol. The van der Waals surface area contributed by atoms with Gasteiger partial charge in [0, 0.05) is 19.4 Å². The third kappa shape index (κ3) is 2.40. The lowest BCUT2D eigenvalue weighted by Crippen LogP contribution is -1.98. The zero-order valence-electron chi connectivity index (χ0n) is 9.57. The number of anilines is 1. The van der Waals surface area contributed by atoms with Crippen LogP contribution in [0.3, 0.4) is 0 Å². The summed E-state index contributed by atoms with van der Waals surface area (Å²) >= 11 is 0. The maximum Gasteiger partial charge on any atom is 0.138 e. The van der Waals surface area contributed by atoms with Crippen molar-refractivity contribution in [2.24, 2.45) is 0 Å². The van der Waals surface area contributed by atoms with E-state index in [4.69, 9.17) is 0 Å². The van der Waals surface area contributed by atoms with Crippen molar-refractivity contribution in [3.63, 3.8) is 0 Å². The first-order valence-electron chi connectivity index (χ1n) is 5.07. The second-order valence-corrected chi connectivity index (χ2v) is 2.76. The zero-order valence-corrected chi connectivity index (χ0v) is 9.57. The first-order chi connectivity index (χ1) is 7.31. The summed E-state index contributed by atoms with van der Waals surface area (Å²) in [6.07, 6.45) is 3.49. The Morgan fingerprint density at radius 1 is 1.20 bits per heavy atom. The van der Waals surface area contributed by atoms with Crippen LogP contribution >= 0.6 is 0 Å². The minimum atomic E-state index is 0.767. The topological polar surface area (TPSA) is 50.7 Å². The third-order valence-electron chi connectivity index (χ3n) is 1.85. The quantitative estimate of drug-likeness (QED) is 0.775. The van der Waals surface area contributed by atoms with Crippen LogP contribution < -0.4 is 5.32 Å². The van der Waals surface area contributed by atoms with Crippen molar-refractivity contribution in [3.05, 3.63) is 24.3 Å². The van der Waals surface area contributed by atoms with Gasteiger partial charge in [-0.05, 0) is 13.0 Å². The largest absolute Gasteiger partial charge is 0.372 e. The van der Waals surface area contributed by atoms with Crippen LogP contribution in [0.15, 0.2) is 18.5 Å². The predicted octanol–water partition coefficient (Wildman–Crippen LogP) is 2.40. The number of nitrogens with zero attached hydrogens (tertiary/aromatic N) is 3. The Morgan fingerprint density at radius 2 is 1.93 bits per heavy atom. The van der Waals surface area contributed by atoms with Crippen LogP contribution in [0.5, 0.6) is 0 Å². The molecule has 0 spiro atoms. The molecule has 0 aliphatic heterocycles. The normalized spacial score (nSPS) is 9.33. The lowest BCUT2D eigenvalue weighted by Gasteiger charge is -2.04. The molecule has 4 heteroatoms. The van der Waals surface area contributed by atoms with E-state index in [1.54, 1.807) is 12.4 Å². The summed E-state index contributed by atoms with van der Waals surface area (Å²) in [6.45, 7) is 5.88. The zero-order chi connectivity index (χ0) is 11.3. The van der Waals surface area contributed by atoms with Crippen molar-refractivity contribution in [2.45, 2.75) is 20.8 Å². The third-order valence-corrected chi connectivity index (χ3v) is 1.85. The molecular weight excluding hydrogens is 188 g/mol. The van der Waals surface area contributed by atoms with E-state index in [0.29, 0.717) is 0 Å². The molecule has 0 radical (unpaired) electrons. The molecule has 0 aliphatic carbocycles. The van der Waals surface area contributed by atoms with Crippen molar-refractivity contribution >= 4 is 16.7 Å². The summed E-state index contributed by atoms with van der Waals surface area (Å²) in [4.78, 5) is 12.6. The van der Waals surface area contributed by atoms with Gasteiger partial charge in [0.25, 0.3) is 0 Å². The molecule has 2 rings (SSSR count). The molecule has 2 heterocycles. The van der Waals surface area contributed by atoms with Gasteiger partial charge in [0.05, 0.1) is 10.9 Å². The fraction of sp³-hybridized carbons (Fsp3) is 0.364. The first-order valence-corrected chi connectivity index (χ1v) is 5.07. The number of hydrogen-bond donors (Lipinski definition) is 1. The summed E-state index contributed by atoms with van der Waals surface area (Å²) in [6, 6.07) is 1.88. The van der Waals surface area contributed by atoms with Gasteiger partial charge in [-0.15, -0.1) is 0 Å². The Kier molecular flexibility index (Phi) is 3.97. The molecule has 0 saturated carbocycles. The standard InChI is InChI=1S/C9H10N4.C2H6/c1-6-12-8-3-4-11-5-7(8)9(10-2)13-6;1-2/h3-5H,1-2H3,(H,10,12,13);1-2H3. The Labute approximate surface area is 89.8 Å². The van der Waals surface area contributed by atoms with E-state index in [1.807, 2.05) is 33.9 Å². The van der Waals surface area contributed by atoms with Gasteiger partial charge in [-0.2, -0.15) is 0 Å². The minimum Gasteiger partial charge on any atom is -0.372 e. The molecule has 4 nitrogen and oxygen atoms in total. The van der Waals surface area contributed by atoms with Gasteiger partial charge in [-0.3, -0.25) is 4.98 Å². The number of nitrogens with one attached hydrogen (secondary N) is 1. The maximum atomic E-state index is 4.29. The van der Waals surface area contributed by atoms with Gasteiger partial charge in [0.2, 0.25) is 0 Å². The number of aryl methyl sites for hydroxylation is 1. The van der Waals surface area contributed by atoms with Crippen molar-refractivity contribution in [1.82, 2.24) is 15.0 Å². The molecular formula is C11H16N4. The van der Waals surface area contributed by atoms with Crippen molar-refractivity contribution in [1.29, 1.82) is 0 Å². The summed E-state index contributed by atoms with van der Waals surface area (Å²) in [5, 5.41) is 3.97. The van der Waals surface area contributed by atoms with Crippen LogP contribution in [0.25, 0.3) is 10.9 Å². The highest BCUT2D eigenvalue weighted by atomic mass is 15.0. The van der Waals surface area contributed by atoms with Crippen LogP contribution in [-0.2, 0) is 0 Å². The Morgan fingerprint density at radius 3 is 2.60 bits per heavy atom. The fourth-order valence-corrected chi connectivity index (χ4v) is 1.28. The van der Waals surface area contributed by atoms with E-state index < -0.39 is 0 Å². The molecule has 15 heavy (non-hydrogen) atoms. The van der Waals surface area contributed by atoms with E-state index in [1.165, 1.54) is 0 Å². The van der Waals surface area contributed by atoms with Gasteiger partial charge in [-0.1, -0.05) is 13.8 Å². The molecule has 0 atom stereocenters. The lowest BCUT2D eigenvalue weighted by molar-refractivity contribution is 1.08. The van der Waals surface area contributed by atoms with Crippen LogP contribution in [0.4, 0.5) is 5.82 Å². The monoisotopic (exact) mass is 204 g/mol. The van der Waals surface area contributed by atoms with Crippen molar-refractivity contribution < 1.29 is 0 Å². The summed E-state index contributed by atoms with van der Waals surface area (Å²) in [7, 11) is 1.84. The smallest absolute Gasteiger partial charge is 0.138 e. The summed E-state index contributed by atoms with van der Waals surface area (Å²) < 4.78 is 0. The molecule has 0 amide bonds. The van der Waals surface area contributed by atoms with Crippen LogP contribution in [0.1, 0.15) is 19.7 Å². The van der Waals surface area contributed by atoms with E-state index >= 15 is 0 Å². The van der Waals surface area contributed by atoms with Gasteiger partial charge >= 0.3 is 0 Å². The Bertz CT molecular complexity index is 440. The molecule has 0 bridgehead atoms. The van der Waals surface area contributed by atoms with Gasteiger partial charge < -0.3 is 5.32 Å². The highest BCUT2D eigenvalue weighted by Gasteiger charge is 2.02. The summed E-state index contributed by atoms with van der Waals surface area (Å²) in [5.41, 5.74) is 0.923. The van der Waals surface area contributed by atoms with E-state index in [9.17, 15) is 0 Å². The minimum absolute atomic E-state index is 0.767. The van der Waals surface area contributed by atoms with E-state index in [0.717, 1.165) is 22.5 Å². The summed E-state index contributed by atoms with van der Waals surface area (Å²) in [5.74, 6) is 1.60. The molecule has 1 N–H and O–H groups in total. The second kappa shape index (κ2) is 5.24. The average Bonchev–Trinajstić information content (AvgIpc) is 2.30. The molecule has 0 aromatic carbocycles. The molecule has 0 aliphatic rings. The highest BCUT2D eigenvalue weighted by Crippen LogP contribution is 2.17. The molecule has 0 unspecified atom stereocenters. The van der Waals surface area contributed by atoms with Crippen LogP contribution in [0.2, 0.25) is 0 Å². The predicted molar refractivity (Wildman–Crippen MR) is 63.0 cm³/mol. The SMILES string of the molecule is CC.CNc1nc(C)nc2ccncc12. The van der Waals surface area contributed by atoms with Crippen molar-refractivity contribution in [3.8, 4) is 0 Å². The highest BCUT2D eigenvalue weighted by molar-refractivity contribution is 5.87. The Hall–Kier alpha value is -1.71.